The molecule has 0 atom stereocenters. The zero-order chi connectivity index (χ0) is 14.7. The molecule has 0 saturated carbocycles. The first-order chi connectivity index (χ1) is 9.47. The molecule has 0 fully saturated rings. The van der Waals surface area contributed by atoms with Crippen LogP contribution in [-0.2, 0) is 11.3 Å². The number of benzene rings is 2. The van der Waals surface area contributed by atoms with Gasteiger partial charge in [0.1, 0.15) is 23.7 Å². The standard InChI is InChI=1S/C14H9Br2FO3/c15-9-3-4-13(18)11(5-9)14(19)20-7-8-1-2-10(16)6-12(8)17/h1-6,18H,7H2. The van der Waals surface area contributed by atoms with E-state index in [2.05, 4.69) is 31.9 Å². The lowest BCUT2D eigenvalue weighted by molar-refractivity contribution is 0.0465. The number of esters is 1. The van der Waals surface area contributed by atoms with Crippen LogP contribution in [0.3, 0.4) is 0 Å². The van der Waals surface area contributed by atoms with Crippen molar-refractivity contribution in [2.45, 2.75) is 6.61 Å². The van der Waals surface area contributed by atoms with Gasteiger partial charge in [-0.3, -0.25) is 0 Å². The third-order valence-corrected chi connectivity index (χ3v) is 3.54. The van der Waals surface area contributed by atoms with E-state index >= 15 is 0 Å². The fourth-order valence-electron chi connectivity index (χ4n) is 1.53. The summed E-state index contributed by atoms with van der Waals surface area (Å²) in [5.41, 5.74) is 0.285. The van der Waals surface area contributed by atoms with Gasteiger partial charge in [-0.15, -0.1) is 0 Å². The number of aromatic hydroxyl groups is 1. The molecule has 0 unspecified atom stereocenters. The van der Waals surface area contributed by atoms with Gasteiger partial charge < -0.3 is 9.84 Å². The lowest BCUT2D eigenvalue weighted by Crippen LogP contribution is -2.06. The highest BCUT2D eigenvalue weighted by Crippen LogP contribution is 2.23. The van der Waals surface area contributed by atoms with E-state index in [4.69, 9.17) is 4.74 Å². The Morgan fingerprint density at radius 3 is 2.50 bits per heavy atom. The number of hydrogen-bond acceptors (Lipinski definition) is 3. The first-order valence-corrected chi connectivity index (χ1v) is 7.15. The number of rotatable bonds is 3. The Morgan fingerprint density at radius 1 is 1.15 bits per heavy atom. The van der Waals surface area contributed by atoms with E-state index in [0.29, 0.717) is 8.95 Å². The van der Waals surface area contributed by atoms with E-state index in [1.807, 2.05) is 0 Å². The molecule has 20 heavy (non-hydrogen) atoms. The van der Waals surface area contributed by atoms with E-state index in [1.54, 1.807) is 12.1 Å². The highest BCUT2D eigenvalue weighted by molar-refractivity contribution is 9.10. The van der Waals surface area contributed by atoms with Crippen LogP contribution in [0, 0.1) is 5.82 Å². The summed E-state index contributed by atoms with van der Waals surface area (Å²) in [6.45, 7) is -0.204. The van der Waals surface area contributed by atoms with Gasteiger partial charge in [-0.25, -0.2) is 9.18 Å². The summed E-state index contributed by atoms with van der Waals surface area (Å²) in [4.78, 5) is 11.8. The van der Waals surface area contributed by atoms with Gasteiger partial charge in [-0.1, -0.05) is 37.9 Å². The summed E-state index contributed by atoms with van der Waals surface area (Å²) >= 11 is 6.34. The van der Waals surface area contributed by atoms with Crippen molar-refractivity contribution in [3.8, 4) is 5.75 Å². The molecular formula is C14H9Br2FO3. The van der Waals surface area contributed by atoms with Gasteiger partial charge >= 0.3 is 5.97 Å². The smallest absolute Gasteiger partial charge is 0.342 e. The van der Waals surface area contributed by atoms with E-state index in [1.165, 1.54) is 24.3 Å². The van der Waals surface area contributed by atoms with Crippen molar-refractivity contribution in [1.29, 1.82) is 0 Å². The number of phenolic OH excluding ortho intramolecular Hbond substituents is 1. The molecular weight excluding hydrogens is 395 g/mol. The van der Waals surface area contributed by atoms with Crippen LogP contribution in [0.4, 0.5) is 4.39 Å². The van der Waals surface area contributed by atoms with Crippen molar-refractivity contribution >= 4 is 37.8 Å². The van der Waals surface area contributed by atoms with Gasteiger partial charge in [0.15, 0.2) is 0 Å². The SMILES string of the molecule is O=C(OCc1ccc(Br)cc1F)c1cc(Br)ccc1O. The summed E-state index contributed by atoms with van der Waals surface area (Å²) in [6.07, 6.45) is 0. The molecule has 104 valence electrons. The van der Waals surface area contributed by atoms with Gasteiger partial charge in [-0.05, 0) is 30.3 Å². The molecule has 0 amide bonds. The molecule has 0 aromatic heterocycles. The Kier molecular flexibility index (Phi) is 4.77. The minimum atomic E-state index is -0.717. The number of carbonyl (C=O) groups is 1. The van der Waals surface area contributed by atoms with E-state index in [0.717, 1.165) is 0 Å². The predicted octanol–water partition coefficient (Wildman–Crippen LogP) is 4.41. The van der Waals surface area contributed by atoms with Crippen molar-refractivity contribution in [2.75, 3.05) is 0 Å². The molecule has 0 bridgehead atoms. The van der Waals surface area contributed by atoms with Crippen LogP contribution in [0.2, 0.25) is 0 Å². The van der Waals surface area contributed by atoms with Crippen LogP contribution in [0.15, 0.2) is 45.3 Å². The lowest BCUT2D eigenvalue weighted by Gasteiger charge is -2.08. The van der Waals surface area contributed by atoms with Crippen molar-refractivity contribution in [3.05, 3.63) is 62.3 Å². The van der Waals surface area contributed by atoms with Crippen LogP contribution in [0.25, 0.3) is 0 Å². The highest BCUT2D eigenvalue weighted by Gasteiger charge is 2.14. The van der Waals surface area contributed by atoms with Crippen LogP contribution in [0.1, 0.15) is 15.9 Å². The zero-order valence-corrected chi connectivity index (χ0v) is 13.2. The van der Waals surface area contributed by atoms with Gasteiger partial charge in [-0.2, -0.15) is 0 Å². The normalized spacial score (nSPS) is 10.3. The Balaban J connectivity index is 2.10. The third kappa shape index (κ3) is 3.58. The number of halogens is 3. The molecule has 2 aromatic carbocycles. The van der Waals surface area contributed by atoms with E-state index in [9.17, 15) is 14.3 Å². The molecule has 0 radical (unpaired) electrons. The van der Waals surface area contributed by atoms with Gasteiger partial charge in [0.2, 0.25) is 0 Å². The number of carbonyl (C=O) groups excluding carboxylic acids is 1. The fourth-order valence-corrected chi connectivity index (χ4v) is 2.23. The molecule has 0 heterocycles. The fraction of sp³-hybridized carbons (Fsp3) is 0.0714. The molecule has 3 nitrogen and oxygen atoms in total. The topological polar surface area (TPSA) is 46.5 Å². The van der Waals surface area contributed by atoms with Gasteiger partial charge in [0, 0.05) is 14.5 Å². The molecule has 2 rings (SSSR count). The maximum Gasteiger partial charge on any atom is 0.342 e. The first-order valence-electron chi connectivity index (χ1n) is 5.57. The molecule has 0 aliphatic carbocycles. The second kappa shape index (κ2) is 6.37. The van der Waals surface area contributed by atoms with E-state index in [-0.39, 0.29) is 23.5 Å². The molecule has 0 spiro atoms. The molecule has 0 aliphatic rings. The van der Waals surface area contributed by atoms with Gasteiger partial charge in [0.05, 0.1) is 0 Å². The van der Waals surface area contributed by atoms with Crippen molar-refractivity contribution in [1.82, 2.24) is 0 Å². The predicted molar refractivity (Wildman–Crippen MR) is 79.0 cm³/mol. The summed E-state index contributed by atoms with van der Waals surface area (Å²) in [5, 5.41) is 9.59. The Hall–Kier alpha value is -1.40. The number of phenols is 1. The zero-order valence-electron chi connectivity index (χ0n) is 10.1. The first kappa shape index (κ1) is 15.0. The Morgan fingerprint density at radius 2 is 1.80 bits per heavy atom. The molecule has 0 saturated heterocycles. The van der Waals surface area contributed by atoms with Crippen LogP contribution in [-0.4, -0.2) is 11.1 Å². The summed E-state index contributed by atoms with van der Waals surface area (Å²) in [6, 6.07) is 8.88. The average Bonchev–Trinajstić information content (AvgIpc) is 2.40. The largest absolute Gasteiger partial charge is 0.507 e. The molecule has 1 N–H and O–H groups in total. The quantitative estimate of drug-likeness (QED) is 0.772. The minimum absolute atomic E-state index is 0.0249. The van der Waals surface area contributed by atoms with Crippen molar-refractivity contribution < 1.29 is 19.0 Å². The Labute approximate surface area is 131 Å². The minimum Gasteiger partial charge on any atom is -0.507 e. The molecule has 2 aromatic rings. The molecule has 6 heteroatoms. The third-order valence-electron chi connectivity index (χ3n) is 2.55. The highest BCUT2D eigenvalue weighted by atomic mass is 79.9. The average molecular weight is 404 g/mol. The van der Waals surface area contributed by atoms with Crippen LogP contribution >= 0.6 is 31.9 Å². The van der Waals surface area contributed by atoms with Crippen molar-refractivity contribution in [2.24, 2.45) is 0 Å². The maximum atomic E-state index is 13.6. The lowest BCUT2D eigenvalue weighted by atomic mass is 10.2. The number of ether oxygens (including phenoxy) is 1. The monoisotopic (exact) mass is 402 g/mol. The second-order valence-corrected chi connectivity index (χ2v) is 5.80. The van der Waals surface area contributed by atoms with Crippen LogP contribution in [0.5, 0.6) is 5.75 Å². The summed E-state index contributed by atoms with van der Waals surface area (Å²) in [7, 11) is 0. The summed E-state index contributed by atoms with van der Waals surface area (Å²) < 4.78 is 19.8. The summed E-state index contributed by atoms with van der Waals surface area (Å²) in [5.74, 6) is -1.37. The number of hydrogen-bond donors (Lipinski definition) is 1. The second-order valence-electron chi connectivity index (χ2n) is 3.97. The van der Waals surface area contributed by atoms with Gasteiger partial charge in [0.25, 0.3) is 0 Å². The van der Waals surface area contributed by atoms with E-state index < -0.39 is 11.8 Å². The Bertz CT molecular complexity index is 659. The van der Waals surface area contributed by atoms with Crippen LogP contribution < -0.4 is 0 Å². The van der Waals surface area contributed by atoms with Crippen molar-refractivity contribution in [3.63, 3.8) is 0 Å². The maximum absolute atomic E-state index is 13.6. The molecule has 0 aliphatic heterocycles.